The zero-order chi connectivity index (χ0) is 24.4. The lowest BCUT2D eigenvalue weighted by molar-refractivity contribution is -0.118. The van der Waals surface area contributed by atoms with Crippen molar-refractivity contribution in [2.24, 2.45) is 0 Å². The van der Waals surface area contributed by atoms with Crippen molar-refractivity contribution in [1.29, 1.82) is 0 Å². The van der Waals surface area contributed by atoms with Crippen molar-refractivity contribution >= 4 is 57.2 Å². The molecule has 0 saturated carbocycles. The van der Waals surface area contributed by atoms with Crippen LogP contribution in [-0.2, 0) is 16.1 Å². The summed E-state index contributed by atoms with van der Waals surface area (Å²) in [5.74, 6) is -0.229. The van der Waals surface area contributed by atoms with Crippen molar-refractivity contribution < 1.29 is 19.1 Å². The lowest BCUT2D eigenvalue weighted by atomic mass is 9.99. The molecule has 0 radical (unpaired) electrons. The summed E-state index contributed by atoms with van der Waals surface area (Å²) in [4.78, 5) is 41.6. The minimum atomic E-state index is -0.484. The highest BCUT2D eigenvalue weighted by Gasteiger charge is 2.23. The van der Waals surface area contributed by atoms with Crippen molar-refractivity contribution in [1.82, 2.24) is 14.8 Å². The molecule has 10 heteroatoms. The quantitative estimate of drug-likeness (QED) is 0.381. The summed E-state index contributed by atoms with van der Waals surface area (Å²) < 4.78 is 6.56. The number of aryl methyl sites for hydroxylation is 2. The van der Waals surface area contributed by atoms with Gasteiger partial charge in [0.25, 0.3) is 5.91 Å². The Morgan fingerprint density at radius 2 is 2.03 bits per heavy atom. The highest BCUT2D eigenvalue weighted by atomic mass is 32.1. The number of nitrogens with one attached hydrogen (secondary N) is 3. The van der Waals surface area contributed by atoms with Gasteiger partial charge in [-0.1, -0.05) is 12.2 Å². The van der Waals surface area contributed by atoms with E-state index >= 15 is 0 Å². The number of carbonyl (C=O) groups excluding carboxylic acids is 3. The van der Waals surface area contributed by atoms with Crippen LogP contribution >= 0.6 is 12.2 Å². The number of hydrogen-bond donors (Lipinski definition) is 3. The van der Waals surface area contributed by atoms with Crippen LogP contribution in [0, 0.1) is 6.92 Å². The largest absolute Gasteiger partial charge is 0.465 e. The molecule has 3 N–H and O–H groups in total. The molecule has 3 aromatic rings. The van der Waals surface area contributed by atoms with Gasteiger partial charge in [0, 0.05) is 41.7 Å². The molecule has 1 amide bonds. The van der Waals surface area contributed by atoms with Crippen molar-refractivity contribution in [2.45, 2.75) is 46.1 Å². The molecule has 0 spiro atoms. The maximum atomic E-state index is 13.2. The fourth-order valence-corrected chi connectivity index (χ4v) is 4.54. The number of hydrogen-bond acceptors (Lipinski definition) is 7. The van der Waals surface area contributed by atoms with E-state index in [1.54, 1.807) is 22.9 Å². The number of aromatic amines is 1. The number of ether oxygens (including phenoxy) is 1. The summed E-state index contributed by atoms with van der Waals surface area (Å²) in [5, 5.41) is 11.4. The van der Waals surface area contributed by atoms with Gasteiger partial charge in [0.15, 0.2) is 0 Å². The predicted molar refractivity (Wildman–Crippen MR) is 134 cm³/mol. The summed E-state index contributed by atoms with van der Waals surface area (Å²) in [6.07, 6.45) is 2.00. The van der Waals surface area contributed by atoms with Gasteiger partial charge in [-0.15, -0.1) is 0 Å². The Balaban J connectivity index is 1.85. The van der Waals surface area contributed by atoms with Crippen LogP contribution in [0.3, 0.4) is 0 Å². The highest BCUT2D eigenvalue weighted by Crippen LogP contribution is 2.37. The van der Waals surface area contributed by atoms with Gasteiger partial charge in [0.05, 0.1) is 29.6 Å². The lowest BCUT2D eigenvalue weighted by Gasteiger charge is -2.12. The average Bonchev–Trinajstić information content (AvgIpc) is 3.36. The maximum absolute atomic E-state index is 13.2. The van der Waals surface area contributed by atoms with Crippen LogP contribution in [0.1, 0.15) is 64.7 Å². The summed E-state index contributed by atoms with van der Waals surface area (Å²) in [5.41, 5.74) is 3.49. The molecule has 1 aliphatic rings. The van der Waals surface area contributed by atoms with Gasteiger partial charge < -0.3 is 20.4 Å². The van der Waals surface area contributed by atoms with E-state index in [1.807, 2.05) is 13.8 Å². The number of thiocarbonyl (C=S) groups is 1. The number of nitrogens with zero attached hydrogens (tertiary/aromatic N) is 2. The van der Waals surface area contributed by atoms with Gasteiger partial charge in [-0.25, -0.2) is 4.79 Å². The van der Waals surface area contributed by atoms with Crippen LogP contribution in [0.25, 0.3) is 10.9 Å². The second-order valence-corrected chi connectivity index (χ2v) is 8.74. The number of Topliss-reactive ketones (excluding diaryl/α,β-unsaturated/α-hetero) is 1. The number of amides is 1. The summed E-state index contributed by atoms with van der Waals surface area (Å²) in [6, 6.07) is 5.13. The number of benzene rings is 1. The molecule has 1 aromatic carbocycles. The zero-order valence-electron chi connectivity index (χ0n) is 19.4. The Morgan fingerprint density at radius 3 is 2.76 bits per heavy atom. The van der Waals surface area contributed by atoms with E-state index in [0.717, 1.165) is 11.1 Å². The molecule has 0 unspecified atom stereocenters. The fraction of sp³-hybridized carbons (Fsp3) is 0.375. The predicted octanol–water partition coefficient (Wildman–Crippen LogP) is 4.00. The molecule has 1 aliphatic heterocycles. The Hall–Kier alpha value is -3.53. The third kappa shape index (κ3) is 4.58. The SMILES string of the molecule is CCn1nc(C)cc1C(=O)Nc1[nH]c2cc(C(=O)OC)cc3c2c1NCCC(=O)CCCC3=S. The van der Waals surface area contributed by atoms with Crippen molar-refractivity contribution in [3.63, 3.8) is 0 Å². The fourth-order valence-electron chi connectivity index (χ4n) is 4.24. The first-order valence-corrected chi connectivity index (χ1v) is 11.7. The van der Waals surface area contributed by atoms with Crippen molar-refractivity contribution in [3.8, 4) is 0 Å². The van der Waals surface area contributed by atoms with Gasteiger partial charge in [0.2, 0.25) is 0 Å². The number of esters is 1. The molecular weight excluding hydrogens is 454 g/mol. The van der Waals surface area contributed by atoms with Crippen LogP contribution in [0.4, 0.5) is 11.5 Å². The molecule has 0 bridgehead atoms. The number of rotatable bonds is 4. The molecule has 0 atom stereocenters. The van der Waals surface area contributed by atoms with Gasteiger partial charge >= 0.3 is 5.97 Å². The van der Waals surface area contributed by atoms with Gasteiger partial charge in [-0.3, -0.25) is 14.3 Å². The lowest BCUT2D eigenvalue weighted by Crippen LogP contribution is -2.18. The molecule has 178 valence electrons. The topological polar surface area (TPSA) is 118 Å². The minimum Gasteiger partial charge on any atom is -0.465 e. The molecule has 3 heterocycles. The van der Waals surface area contributed by atoms with Crippen LogP contribution < -0.4 is 10.6 Å². The van der Waals surface area contributed by atoms with Crippen molar-refractivity contribution in [2.75, 3.05) is 24.3 Å². The highest BCUT2D eigenvalue weighted by molar-refractivity contribution is 7.80. The third-order valence-electron chi connectivity index (χ3n) is 5.86. The second-order valence-electron chi connectivity index (χ2n) is 8.25. The molecular formula is C24H27N5O4S. The standard InChI is InChI=1S/C24H27N5O4S/c1-4-29-18(10-13(2)28-29)23(31)27-22-21-20-16(11-14(24(32)33-3)12-17(20)26-22)19(34)7-5-6-15(30)8-9-25-21/h10-12,25-26H,4-9H2,1-3H3,(H,27,31). The van der Waals surface area contributed by atoms with Crippen LogP contribution in [0.15, 0.2) is 18.2 Å². The molecule has 0 aliphatic carbocycles. The van der Waals surface area contributed by atoms with Crippen LogP contribution in [0.5, 0.6) is 0 Å². The maximum Gasteiger partial charge on any atom is 0.337 e. The minimum absolute atomic E-state index is 0.149. The number of aromatic nitrogens is 3. The Bertz CT molecular complexity index is 1310. The first-order valence-electron chi connectivity index (χ1n) is 11.2. The first kappa shape index (κ1) is 23.6. The number of methoxy groups -OCH3 is 1. The van der Waals surface area contributed by atoms with Crippen LogP contribution in [-0.4, -0.2) is 50.9 Å². The van der Waals surface area contributed by atoms with Gasteiger partial charge in [0.1, 0.15) is 17.3 Å². The van der Waals surface area contributed by atoms with Crippen molar-refractivity contribution in [3.05, 3.63) is 40.7 Å². The van der Waals surface area contributed by atoms with E-state index in [1.165, 1.54) is 7.11 Å². The molecule has 0 fully saturated rings. The average molecular weight is 482 g/mol. The third-order valence-corrected chi connectivity index (χ3v) is 6.28. The summed E-state index contributed by atoms with van der Waals surface area (Å²) in [7, 11) is 1.32. The van der Waals surface area contributed by atoms with E-state index in [0.29, 0.717) is 77.5 Å². The number of carbonyl (C=O) groups is 3. The Labute approximate surface area is 202 Å². The molecule has 9 nitrogen and oxygen atoms in total. The monoisotopic (exact) mass is 481 g/mol. The molecule has 34 heavy (non-hydrogen) atoms. The first-order chi connectivity index (χ1) is 16.3. The zero-order valence-corrected chi connectivity index (χ0v) is 20.2. The van der Waals surface area contributed by atoms with E-state index < -0.39 is 5.97 Å². The van der Waals surface area contributed by atoms with E-state index in [-0.39, 0.29) is 11.7 Å². The number of ketones is 1. The molecule has 4 rings (SSSR count). The van der Waals surface area contributed by atoms with Gasteiger partial charge in [-0.2, -0.15) is 5.10 Å². The second kappa shape index (κ2) is 9.76. The van der Waals surface area contributed by atoms with E-state index in [4.69, 9.17) is 17.0 Å². The Morgan fingerprint density at radius 1 is 1.24 bits per heavy atom. The normalized spacial score (nSPS) is 14.4. The number of anilines is 2. The molecule has 2 aromatic heterocycles. The van der Waals surface area contributed by atoms with Crippen LogP contribution in [0.2, 0.25) is 0 Å². The van der Waals surface area contributed by atoms with E-state index in [9.17, 15) is 14.4 Å². The van der Waals surface area contributed by atoms with Gasteiger partial charge in [-0.05, 0) is 44.9 Å². The molecule has 0 saturated heterocycles. The summed E-state index contributed by atoms with van der Waals surface area (Å²) >= 11 is 5.72. The van der Waals surface area contributed by atoms with E-state index in [2.05, 4.69) is 20.7 Å². The summed E-state index contributed by atoms with van der Waals surface area (Å²) in [6.45, 7) is 4.71. The number of H-pyrrole nitrogens is 1. The Kier molecular flexibility index (Phi) is 6.78. The smallest absolute Gasteiger partial charge is 0.337 e.